The Morgan fingerprint density at radius 3 is 2.28 bits per heavy atom. The number of benzene rings is 2. The van der Waals surface area contributed by atoms with E-state index in [9.17, 15) is 4.79 Å². The first-order valence-electron chi connectivity index (χ1n) is 8.64. The quantitative estimate of drug-likeness (QED) is 0.838. The fourth-order valence-electron chi connectivity index (χ4n) is 2.74. The number of carbonyl (C=O) groups excluding carboxylic acids is 1. The van der Waals surface area contributed by atoms with E-state index >= 15 is 0 Å². The summed E-state index contributed by atoms with van der Waals surface area (Å²) >= 11 is 0. The molecule has 0 radical (unpaired) electrons. The molecule has 0 unspecified atom stereocenters. The second-order valence-corrected chi connectivity index (χ2v) is 6.17. The summed E-state index contributed by atoms with van der Waals surface area (Å²) in [6.07, 6.45) is -0.276. The lowest BCUT2D eigenvalue weighted by Crippen LogP contribution is -2.50. The molecule has 5 nitrogen and oxygen atoms in total. The van der Waals surface area contributed by atoms with E-state index in [0.717, 1.165) is 25.4 Å². The summed E-state index contributed by atoms with van der Waals surface area (Å²) in [5.41, 5.74) is 1.23. The van der Waals surface area contributed by atoms with Crippen molar-refractivity contribution in [3.8, 4) is 11.5 Å². The maximum atomic E-state index is 12.2. The van der Waals surface area contributed by atoms with E-state index in [2.05, 4.69) is 11.8 Å². The number of hydrogen-bond acceptors (Lipinski definition) is 4. The number of ether oxygens (including phenoxy) is 2. The molecule has 1 aliphatic heterocycles. The average Bonchev–Trinajstić information content (AvgIpc) is 2.65. The highest BCUT2D eigenvalue weighted by Gasteiger charge is 2.22. The van der Waals surface area contributed by atoms with E-state index in [1.54, 1.807) is 17.0 Å². The third kappa shape index (κ3) is 5.22. The van der Waals surface area contributed by atoms with Crippen LogP contribution in [-0.2, 0) is 0 Å². The largest absolute Gasteiger partial charge is 0.492 e. The van der Waals surface area contributed by atoms with Crippen molar-refractivity contribution in [2.45, 2.75) is 6.92 Å². The van der Waals surface area contributed by atoms with Crippen molar-refractivity contribution in [3.05, 3.63) is 60.2 Å². The molecular formula is C20H24N2O3. The molecule has 0 aromatic heterocycles. The standard InChI is InChI=1S/C20H24N2O3/c1-17-7-9-18(10-8-17)24-16-15-21-11-13-22(14-12-21)20(23)25-19-5-3-2-4-6-19/h2-10H,11-16H2,1H3. The minimum Gasteiger partial charge on any atom is -0.492 e. The first-order chi connectivity index (χ1) is 12.2. The number of aryl methyl sites for hydroxylation is 1. The van der Waals surface area contributed by atoms with Gasteiger partial charge in [0.1, 0.15) is 18.1 Å². The van der Waals surface area contributed by atoms with E-state index in [4.69, 9.17) is 9.47 Å². The lowest BCUT2D eigenvalue weighted by molar-refractivity contribution is 0.103. The molecule has 0 saturated carbocycles. The van der Waals surface area contributed by atoms with Crippen LogP contribution < -0.4 is 9.47 Å². The second-order valence-electron chi connectivity index (χ2n) is 6.17. The minimum atomic E-state index is -0.276. The highest BCUT2D eigenvalue weighted by Crippen LogP contribution is 2.13. The molecule has 2 aromatic rings. The number of amides is 1. The number of para-hydroxylation sites is 1. The summed E-state index contributed by atoms with van der Waals surface area (Å²) in [4.78, 5) is 16.2. The third-order valence-electron chi connectivity index (χ3n) is 4.28. The molecule has 132 valence electrons. The van der Waals surface area contributed by atoms with Crippen molar-refractivity contribution < 1.29 is 14.3 Å². The van der Waals surface area contributed by atoms with Crippen LogP contribution >= 0.6 is 0 Å². The molecule has 0 N–H and O–H groups in total. The molecular weight excluding hydrogens is 316 g/mol. The first-order valence-corrected chi connectivity index (χ1v) is 8.64. The summed E-state index contributed by atoms with van der Waals surface area (Å²) in [6, 6.07) is 17.3. The molecule has 0 aliphatic carbocycles. The molecule has 1 heterocycles. The lowest BCUT2D eigenvalue weighted by Gasteiger charge is -2.33. The van der Waals surface area contributed by atoms with Crippen LogP contribution in [0.1, 0.15) is 5.56 Å². The third-order valence-corrected chi connectivity index (χ3v) is 4.28. The maximum Gasteiger partial charge on any atom is 0.415 e. The van der Waals surface area contributed by atoms with Crippen molar-refractivity contribution in [3.63, 3.8) is 0 Å². The zero-order chi connectivity index (χ0) is 17.5. The predicted molar refractivity (Wildman–Crippen MR) is 97.2 cm³/mol. The topological polar surface area (TPSA) is 42.0 Å². The zero-order valence-electron chi connectivity index (χ0n) is 14.6. The van der Waals surface area contributed by atoms with E-state index in [-0.39, 0.29) is 6.09 Å². The second kappa shape index (κ2) is 8.53. The van der Waals surface area contributed by atoms with Crippen LogP contribution in [0, 0.1) is 6.92 Å². The normalized spacial score (nSPS) is 15.0. The average molecular weight is 340 g/mol. The Morgan fingerprint density at radius 2 is 1.60 bits per heavy atom. The van der Waals surface area contributed by atoms with E-state index in [1.165, 1.54) is 5.56 Å². The summed E-state index contributed by atoms with van der Waals surface area (Å²) in [5.74, 6) is 1.48. The Kier molecular flexibility index (Phi) is 5.90. The van der Waals surface area contributed by atoms with Gasteiger partial charge in [-0.3, -0.25) is 4.90 Å². The van der Waals surface area contributed by atoms with Crippen LogP contribution in [0.4, 0.5) is 4.79 Å². The molecule has 1 saturated heterocycles. The molecule has 0 spiro atoms. The molecule has 25 heavy (non-hydrogen) atoms. The highest BCUT2D eigenvalue weighted by molar-refractivity contribution is 5.70. The van der Waals surface area contributed by atoms with Crippen molar-refractivity contribution in [1.82, 2.24) is 9.80 Å². The first kappa shape index (κ1) is 17.3. The number of nitrogens with zero attached hydrogens (tertiary/aromatic N) is 2. The van der Waals surface area contributed by atoms with Gasteiger partial charge in [-0.05, 0) is 31.2 Å². The molecule has 2 aromatic carbocycles. The molecule has 1 amide bonds. The van der Waals surface area contributed by atoms with Crippen LogP contribution in [0.3, 0.4) is 0 Å². The van der Waals surface area contributed by atoms with Gasteiger partial charge in [-0.1, -0.05) is 35.9 Å². The van der Waals surface area contributed by atoms with E-state index < -0.39 is 0 Å². The van der Waals surface area contributed by atoms with Crippen LogP contribution in [0.5, 0.6) is 11.5 Å². The Labute approximate surface area is 148 Å². The van der Waals surface area contributed by atoms with Crippen LogP contribution in [0.2, 0.25) is 0 Å². The maximum absolute atomic E-state index is 12.2. The number of rotatable bonds is 5. The molecule has 1 fully saturated rings. The van der Waals surface area contributed by atoms with Gasteiger partial charge < -0.3 is 14.4 Å². The molecule has 3 rings (SSSR count). The molecule has 0 atom stereocenters. The number of carbonyl (C=O) groups is 1. The van der Waals surface area contributed by atoms with Gasteiger partial charge in [-0.25, -0.2) is 4.79 Å². The van der Waals surface area contributed by atoms with Gasteiger partial charge >= 0.3 is 6.09 Å². The van der Waals surface area contributed by atoms with Crippen molar-refractivity contribution in [2.75, 3.05) is 39.3 Å². The van der Waals surface area contributed by atoms with Gasteiger partial charge in [-0.15, -0.1) is 0 Å². The Balaban J connectivity index is 1.37. The van der Waals surface area contributed by atoms with Gasteiger partial charge in [0.25, 0.3) is 0 Å². The minimum absolute atomic E-state index is 0.276. The summed E-state index contributed by atoms with van der Waals surface area (Å²) < 4.78 is 11.2. The summed E-state index contributed by atoms with van der Waals surface area (Å²) in [7, 11) is 0. The van der Waals surface area contributed by atoms with Crippen LogP contribution in [0.25, 0.3) is 0 Å². The van der Waals surface area contributed by atoms with Gasteiger partial charge in [0.05, 0.1) is 0 Å². The van der Waals surface area contributed by atoms with Gasteiger partial charge in [0, 0.05) is 32.7 Å². The van der Waals surface area contributed by atoms with Crippen LogP contribution in [0.15, 0.2) is 54.6 Å². The molecule has 5 heteroatoms. The van der Waals surface area contributed by atoms with Crippen molar-refractivity contribution in [1.29, 1.82) is 0 Å². The van der Waals surface area contributed by atoms with Crippen molar-refractivity contribution in [2.24, 2.45) is 0 Å². The fourth-order valence-corrected chi connectivity index (χ4v) is 2.74. The fraction of sp³-hybridized carbons (Fsp3) is 0.350. The Bertz CT molecular complexity index is 665. The predicted octanol–water partition coefficient (Wildman–Crippen LogP) is 3.19. The zero-order valence-corrected chi connectivity index (χ0v) is 14.6. The van der Waals surface area contributed by atoms with Gasteiger partial charge in [0.15, 0.2) is 0 Å². The van der Waals surface area contributed by atoms with E-state index in [1.807, 2.05) is 42.5 Å². The number of hydrogen-bond donors (Lipinski definition) is 0. The number of piperazine rings is 1. The lowest BCUT2D eigenvalue weighted by atomic mass is 10.2. The Morgan fingerprint density at radius 1 is 0.920 bits per heavy atom. The van der Waals surface area contributed by atoms with E-state index in [0.29, 0.717) is 25.4 Å². The van der Waals surface area contributed by atoms with Gasteiger partial charge in [-0.2, -0.15) is 0 Å². The summed E-state index contributed by atoms with van der Waals surface area (Å²) in [6.45, 7) is 6.59. The summed E-state index contributed by atoms with van der Waals surface area (Å²) in [5, 5.41) is 0. The van der Waals surface area contributed by atoms with Crippen molar-refractivity contribution >= 4 is 6.09 Å². The SMILES string of the molecule is Cc1ccc(OCCN2CCN(C(=O)Oc3ccccc3)CC2)cc1. The molecule has 1 aliphatic rings. The monoisotopic (exact) mass is 340 g/mol. The smallest absolute Gasteiger partial charge is 0.415 e. The Hall–Kier alpha value is -2.53. The molecule has 0 bridgehead atoms. The van der Waals surface area contributed by atoms with Gasteiger partial charge in [0.2, 0.25) is 0 Å². The van der Waals surface area contributed by atoms with Crippen LogP contribution in [-0.4, -0.2) is 55.2 Å². The highest BCUT2D eigenvalue weighted by atomic mass is 16.6.